The first-order chi connectivity index (χ1) is 19.3. The summed E-state index contributed by atoms with van der Waals surface area (Å²) in [6, 6.07) is 13.9. The van der Waals surface area contributed by atoms with Crippen LogP contribution in [0.15, 0.2) is 59.7 Å². The summed E-state index contributed by atoms with van der Waals surface area (Å²) in [4.78, 5) is 38.5. The fraction of sp³-hybridized carbons (Fsp3) is 0.258. The van der Waals surface area contributed by atoms with E-state index >= 15 is 0 Å². The molecular weight excluding hydrogens is 522 g/mol. The maximum atomic E-state index is 13.2. The van der Waals surface area contributed by atoms with E-state index in [1.165, 1.54) is 10.1 Å². The number of nitrogens with one attached hydrogen (secondary N) is 1. The number of aryl methyl sites for hydroxylation is 2. The molecule has 1 aliphatic heterocycles. The van der Waals surface area contributed by atoms with Crippen molar-refractivity contribution < 1.29 is 9.90 Å². The molecule has 1 unspecified atom stereocenters. The molecule has 1 aliphatic carbocycles. The van der Waals surface area contributed by atoms with Gasteiger partial charge in [-0.2, -0.15) is 4.98 Å². The monoisotopic (exact) mass is 551 g/mol. The molecule has 1 fully saturated rings. The van der Waals surface area contributed by atoms with Gasteiger partial charge in [0.1, 0.15) is 16.5 Å². The average Bonchev–Trinajstić information content (AvgIpc) is 3.39. The van der Waals surface area contributed by atoms with Crippen LogP contribution < -0.4 is 10.6 Å². The average molecular weight is 552 g/mol. The molecule has 202 valence electrons. The van der Waals surface area contributed by atoms with Crippen molar-refractivity contribution in [1.82, 2.24) is 19.5 Å². The van der Waals surface area contributed by atoms with E-state index in [1.807, 2.05) is 0 Å². The molecule has 2 aromatic carbocycles. The van der Waals surface area contributed by atoms with Gasteiger partial charge in [0.05, 0.1) is 0 Å². The lowest BCUT2D eigenvalue weighted by molar-refractivity contribution is -0.138. The Balaban J connectivity index is 1.52. The maximum Gasteiger partial charge on any atom is 0.332 e. The first kappa shape index (κ1) is 25.9. The number of carboxylic acids is 1. The Bertz CT molecular complexity index is 1790. The summed E-state index contributed by atoms with van der Waals surface area (Å²) in [7, 11) is 0. The third-order valence-corrected chi connectivity index (χ3v) is 8.15. The molecule has 2 aromatic heterocycles. The number of benzene rings is 2. The van der Waals surface area contributed by atoms with Crippen LogP contribution in [-0.2, 0) is 11.2 Å². The number of rotatable bonds is 5. The number of aromatic amines is 1. The lowest BCUT2D eigenvalue weighted by Gasteiger charge is -2.23. The molecule has 0 amide bonds. The van der Waals surface area contributed by atoms with Gasteiger partial charge in [-0.15, -0.1) is 0 Å². The van der Waals surface area contributed by atoms with E-state index in [9.17, 15) is 14.7 Å². The molecule has 6 rings (SSSR count). The standard InChI is InChI=1S/C31H29N5O3S/c1-3-19-7-11-23-21(16-19)9-8-20-15-18(2)6-10-22(20)27(23)24-17-36(31(39)34-28(24)40)26-12-13-32-30(33-26)35-14-4-5-25(35)29(37)38/h6-13,15-17,25,27H,3-5,14H2,1-2H3,(H,37,38)(H,34,39,40)/t25-,27?/m0/s1. The summed E-state index contributed by atoms with van der Waals surface area (Å²) >= 11 is 5.77. The number of anilines is 1. The molecule has 0 spiro atoms. The predicted molar refractivity (Wildman–Crippen MR) is 158 cm³/mol. The fourth-order valence-corrected chi connectivity index (χ4v) is 6.03. The number of carboxylic acid groups (broad SMARTS) is 1. The first-order valence-corrected chi connectivity index (χ1v) is 13.8. The van der Waals surface area contributed by atoms with Gasteiger partial charge in [-0.25, -0.2) is 14.6 Å². The van der Waals surface area contributed by atoms with Crippen molar-refractivity contribution in [2.75, 3.05) is 11.4 Å². The van der Waals surface area contributed by atoms with Crippen molar-refractivity contribution in [3.8, 4) is 5.82 Å². The number of H-pyrrole nitrogens is 1. The molecule has 4 aromatic rings. The minimum absolute atomic E-state index is 0.224. The zero-order valence-corrected chi connectivity index (χ0v) is 23.1. The molecule has 8 nitrogen and oxygen atoms in total. The number of aromatic nitrogens is 4. The maximum absolute atomic E-state index is 13.2. The summed E-state index contributed by atoms with van der Waals surface area (Å²) in [6.45, 7) is 4.76. The van der Waals surface area contributed by atoms with Crippen LogP contribution in [0.1, 0.15) is 64.6 Å². The van der Waals surface area contributed by atoms with E-state index in [4.69, 9.17) is 12.2 Å². The Morgan fingerprint density at radius 2 is 1.85 bits per heavy atom. The van der Waals surface area contributed by atoms with Crippen LogP contribution in [0, 0.1) is 11.6 Å². The lowest BCUT2D eigenvalue weighted by atomic mass is 9.82. The van der Waals surface area contributed by atoms with E-state index in [0.29, 0.717) is 23.4 Å². The number of aliphatic carboxylic acids is 1. The van der Waals surface area contributed by atoms with E-state index in [2.05, 4.69) is 77.3 Å². The lowest BCUT2D eigenvalue weighted by Crippen LogP contribution is -2.37. The Morgan fingerprint density at radius 3 is 2.60 bits per heavy atom. The zero-order valence-electron chi connectivity index (χ0n) is 22.3. The van der Waals surface area contributed by atoms with Crippen LogP contribution in [0.25, 0.3) is 18.0 Å². The van der Waals surface area contributed by atoms with Gasteiger partial charge >= 0.3 is 11.7 Å². The van der Waals surface area contributed by atoms with Crippen molar-refractivity contribution in [2.45, 2.75) is 45.1 Å². The summed E-state index contributed by atoms with van der Waals surface area (Å²) in [5.74, 6) is -0.500. The Kier molecular flexibility index (Phi) is 6.67. The quantitative estimate of drug-likeness (QED) is 0.287. The highest BCUT2D eigenvalue weighted by Crippen LogP contribution is 2.40. The van der Waals surface area contributed by atoms with Crippen molar-refractivity contribution in [2.24, 2.45) is 0 Å². The largest absolute Gasteiger partial charge is 0.480 e. The van der Waals surface area contributed by atoms with E-state index in [1.54, 1.807) is 23.4 Å². The second kappa shape index (κ2) is 10.3. The molecule has 2 atom stereocenters. The van der Waals surface area contributed by atoms with Crippen LogP contribution in [0.5, 0.6) is 0 Å². The van der Waals surface area contributed by atoms with Crippen molar-refractivity contribution in [3.63, 3.8) is 0 Å². The van der Waals surface area contributed by atoms with Crippen LogP contribution in [0.3, 0.4) is 0 Å². The number of hydrogen-bond acceptors (Lipinski definition) is 6. The third kappa shape index (κ3) is 4.56. The fourth-order valence-electron chi connectivity index (χ4n) is 5.77. The second-order valence-electron chi connectivity index (χ2n) is 10.3. The van der Waals surface area contributed by atoms with Gasteiger partial charge < -0.3 is 10.0 Å². The van der Waals surface area contributed by atoms with Crippen molar-refractivity contribution in [1.29, 1.82) is 0 Å². The van der Waals surface area contributed by atoms with Gasteiger partial charge in [0.2, 0.25) is 5.95 Å². The SMILES string of the molecule is CCc1ccc2c(c1)C=Cc1cc(C)ccc1C2c1cn(-c2ccnc(N3CCC[C@H]3C(=O)O)n2)c(=O)[nH]c1=S. The van der Waals surface area contributed by atoms with Gasteiger partial charge in [-0.3, -0.25) is 9.55 Å². The van der Waals surface area contributed by atoms with Crippen molar-refractivity contribution >= 4 is 36.3 Å². The molecule has 0 bridgehead atoms. The van der Waals surface area contributed by atoms with Gasteiger partial charge in [0, 0.05) is 36.5 Å². The summed E-state index contributed by atoms with van der Waals surface area (Å²) in [5.41, 5.74) is 7.17. The van der Waals surface area contributed by atoms with E-state index in [-0.39, 0.29) is 11.9 Å². The van der Waals surface area contributed by atoms with Crippen LogP contribution in [0.4, 0.5) is 5.95 Å². The van der Waals surface area contributed by atoms with Crippen LogP contribution in [-0.4, -0.2) is 43.2 Å². The predicted octanol–water partition coefficient (Wildman–Crippen LogP) is 5.27. The molecule has 1 saturated heterocycles. The van der Waals surface area contributed by atoms with Gasteiger partial charge in [0.25, 0.3) is 0 Å². The number of hydrogen-bond donors (Lipinski definition) is 2. The van der Waals surface area contributed by atoms with Gasteiger partial charge in [0.15, 0.2) is 0 Å². The van der Waals surface area contributed by atoms with Crippen LogP contribution >= 0.6 is 12.2 Å². The number of fused-ring (bicyclic) bond motifs is 2. The molecule has 40 heavy (non-hydrogen) atoms. The first-order valence-electron chi connectivity index (χ1n) is 13.4. The molecule has 3 heterocycles. The van der Waals surface area contributed by atoms with Gasteiger partial charge in [-0.1, -0.05) is 73.3 Å². The summed E-state index contributed by atoms with van der Waals surface area (Å²) in [5, 5.41) is 9.65. The van der Waals surface area contributed by atoms with E-state index < -0.39 is 17.7 Å². The minimum Gasteiger partial charge on any atom is -0.480 e. The smallest absolute Gasteiger partial charge is 0.332 e. The topological polar surface area (TPSA) is 104 Å². The Morgan fingerprint density at radius 1 is 1.10 bits per heavy atom. The number of carbonyl (C=O) groups is 1. The highest BCUT2D eigenvalue weighted by Gasteiger charge is 2.32. The van der Waals surface area contributed by atoms with Crippen molar-refractivity contribution in [3.05, 3.63) is 109 Å². The third-order valence-electron chi connectivity index (χ3n) is 7.82. The normalized spacial score (nSPS) is 17.8. The molecule has 0 radical (unpaired) electrons. The highest BCUT2D eigenvalue weighted by atomic mass is 32.1. The molecule has 0 saturated carbocycles. The zero-order chi connectivity index (χ0) is 28.0. The highest BCUT2D eigenvalue weighted by molar-refractivity contribution is 7.71. The summed E-state index contributed by atoms with van der Waals surface area (Å²) < 4.78 is 1.80. The Hall–Kier alpha value is -4.37. The van der Waals surface area contributed by atoms with Crippen LogP contribution in [0.2, 0.25) is 0 Å². The molecule has 9 heteroatoms. The molecule has 2 aliphatic rings. The van der Waals surface area contributed by atoms with E-state index in [0.717, 1.165) is 46.2 Å². The molecule has 2 N–H and O–H groups in total. The Labute approximate surface area is 236 Å². The number of nitrogens with zero attached hydrogens (tertiary/aromatic N) is 4. The van der Waals surface area contributed by atoms with Gasteiger partial charge in [-0.05, 0) is 54.0 Å². The summed E-state index contributed by atoms with van der Waals surface area (Å²) in [6.07, 6.45) is 9.82. The molecular formula is C31H29N5O3S. The second-order valence-corrected chi connectivity index (χ2v) is 10.7. The minimum atomic E-state index is -0.907.